The van der Waals surface area contributed by atoms with Gasteiger partial charge in [0, 0.05) is 0 Å². The topological polar surface area (TPSA) is 0 Å². The Kier molecular flexibility index (Phi) is 5.01. The Morgan fingerprint density at radius 2 is 2.19 bits per heavy atom. The molecular weight excluding hydrogens is 199 g/mol. The number of rotatable bonds is 5. The van der Waals surface area contributed by atoms with Crippen molar-refractivity contribution in [3.8, 4) is 0 Å². The van der Waals surface area contributed by atoms with Crippen LogP contribution in [0.15, 0.2) is 11.6 Å². The molecule has 0 heterocycles. The Morgan fingerprint density at radius 3 is 2.69 bits per heavy atom. The molecule has 0 aliphatic heterocycles. The summed E-state index contributed by atoms with van der Waals surface area (Å²) in [5.74, 6) is 0.699. The van der Waals surface area contributed by atoms with Crippen LogP contribution in [0.5, 0.6) is 0 Å². The van der Waals surface area contributed by atoms with Gasteiger partial charge < -0.3 is 0 Å². The molecule has 1 aliphatic carbocycles. The first kappa shape index (κ1) is 13.7. The highest BCUT2D eigenvalue weighted by Gasteiger charge is 2.33. The molecule has 3 atom stereocenters. The smallest absolute Gasteiger partial charge is 0.101 e. The third-order valence-corrected chi connectivity index (χ3v) is 4.21. The van der Waals surface area contributed by atoms with Gasteiger partial charge in [0.1, 0.15) is 6.17 Å². The van der Waals surface area contributed by atoms with Gasteiger partial charge in [0.05, 0.1) is 0 Å². The first-order chi connectivity index (χ1) is 7.53. The predicted molar refractivity (Wildman–Crippen MR) is 69.3 cm³/mol. The van der Waals surface area contributed by atoms with E-state index in [1.165, 1.54) is 18.4 Å². The van der Waals surface area contributed by atoms with E-state index in [4.69, 9.17) is 0 Å². The van der Waals surface area contributed by atoms with E-state index in [1.807, 2.05) is 6.92 Å². The van der Waals surface area contributed by atoms with E-state index in [-0.39, 0.29) is 5.41 Å². The number of alkyl halides is 1. The maximum Gasteiger partial charge on any atom is 0.101 e. The summed E-state index contributed by atoms with van der Waals surface area (Å²) >= 11 is 0. The van der Waals surface area contributed by atoms with Crippen LogP contribution in [0.1, 0.15) is 66.2 Å². The van der Waals surface area contributed by atoms with E-state index < -0.39 is 6.17 Å². The summed E-state index contributed by atoms with van der Waals surface area (Å²) in [7, 11) is 0. The minimum absolute atomic E-state index is 0.167. The normalized spacial score (nSPS) is 32.3. The van der Waals surface area contributed by atoms with Crippen molar-refractivity contribution in [2.45, 2.75) is 72.4 Å². The van der Waals surface area contributed by atoms with Crippen LogP contribution in [0, 0.1) is 11.3 Å². The zero-order valence-corrected chi connectivity index (χ0v) is 11.4. The van der Waals surface area contributed by atoms with Gasteiger partial charge in [-0.3, -0.25) is 0 Å². The lowest BCUT2D eigenvalue weighted by molar-refractivity contribution is 0.173. The molecule has 1 rings (SSSR count). The van der Waals surface area contributed by atoms with Crippen LogP contribution in [-0.2, 0) is 0 Å². The summed E-state index contributed by atoms with van der Waals surface area (Å²) in [6.07, 6.45) is 7.90. The Morgan fingerprint density at radius 1 is 1.50 bits per heavy atom. The Balaban J connectivity index is 2.80. The molecule has 0 saturated carbocycles. The lowest BCUT2D eigenvalue weighted by Gasteiger charge is -2.38. The molecule has 94 valence electrons. The Labute approximate surface area is 100 Å². The van der Waals surface area contributed by atoms with E-state index in [0.29, 0.717) is 12.3 Å². The van der Waals surface area contributed by atoms with Gasteiger partial charge in [-0.1, -0.05) is 38.8 Å². The van der Waals surface area contributed by atoms with Crippen molar-refractivity contribution >= 4 is 0 Å². The van der Waals surface area contributed by atoms with Crippen LogP contribution in [0.3, 0.4) is 0 Å². The Bertz CT molecular complexity index is 244. The van der Waals surface area contributed by atoms with Crippen LogP contribution >= 0.6 is 0 Å². The fraction of sp³-hybridized carbons (Fsp3) is 0.867. The highest BCUT2D eigenvalue weighted by Crippen LogP contribution is 2.44. The zero-order chi connectivity index (χ0) is 12.2. The van der Waals surface area contributed by atoms with Crippen molar-refractivity contribution in [1.29, 1.82) is 0 Å². The summed E-state index contributed by atoms with van der Waals surface area (Å²) in [6.45, 7) is 8.66. The lowest BCUT2D eigenvalue weighted by Crippen LogP contribution is -2.27. The molecule has 0 aromatic heterocycles. The van der Waals surface area contributed by atoms with E-state index >= 15 is 0 Å². The number of halogens is 1. The lowest BCUT2D eigenvalue weighted by atomic mass is 9.68. The maximum absolute atomic E-state index is 13.7. The standard InChI is InChI=1S/C15H27F/c1-5-8-15(11-14(16)6-2)9-7-12(3)13(4)10-15/h10,12,14H,5-9,11H2,1-4H3/t12-,14+,15-/m0/s1. The first-order valence-corrected chi connectivity index (χ1v) is 6.86. The predicted octanol–water partition coefficient (Wildman–Crippen LogP) is 5.29. The largest absolute Gasteiger partial charge is 0.247 e. The second kappa shape index (κ2) is 5.84. The number of hydrogen-bond acceptors (Lipinski definition) is 0. The minimum Gasteiger partial charge on any atom is -0.247 e. The molecule has 0 unspecified atom stereocenters. The van der Waals surface area contributed by atoms with E-state index in [0.717, 1.165) is 19.3 Å². The summed E-state index contributed by atoms with van der Waals surface area (Å²) in [6, 6.07) is 0. The van der Waals surface area contributed by atoms with Crippen LogP contribution in [-0.4, -0.2) is 6.17 Å². The van der Waals surface area contributed by atoms with E-state index in [2.05, 4.69) is 26.8 Å². The second-order valence-corrected chi connectivity index (χ2v) is 5.65. The molecule has 0 fully saturated rings. The van der Waals surface area contributed by atoms with Crippen molar-refractivity contribution < 1.29 is 4.39 Å². The third-order valence-electron chi connectivity index (χ3n) is 4.21. The van der Waals surface area contributed by atoms with Gasteiger partial charge in [0.15, 0.2) is 0 Å². The highest BCUT2D eigenvalue weighted by molar-refractivity contribution is 5.14. The van der Waals surface area contributed by atoms with Crippen LogP contribution in [0.4, 0.5) is 4.39 Å². The molecule has 0 amide bonds. The van der Waals surface area contributed by atoms with Gasteiger partial charge in [-0.25, -0.2) is 4.39 Å². The molecule has 0 aromatic rings. The van der Waals surface area contributed by atoms with Crippen molar-refractivity contribution in [3.63, 3.8) is 0 Å². The quantitative estimate of drug-likeness (QED) is 0.559. The summed E-state index contributed by atoms with van der Waals surface area (Å²) in [4.78, 5) is 0. The van der Waals surface area contributed by atoms with Gasteiger partial charge in [0.2, 0.25) is 0 Å². The molecule has 0 N–H and O–H groups in total. The van der Waals surface area contributed by atoms with Crippen LogP contribution in [0.2, 0.25) is 0 Å². The van der Waals surface area contributed by atoms with Crippen LogP contribution < -0.4 is 0 Å². The molecular formula is C15H27F. The fourth-order valence-corrected chi connectivity index (χ4v) is 2.97. The van der Waals surface area contributed by atoms with Gasteiger partial charge in [-0.05, 0) is 50.4 Å². The SMILES string of the molecule is CCC[C@@]1(C[C@H](F)CC)C=C(C)[C@@H](C)CC1. The molecule has 16 heavy (non-hydrogen) atoms. The van der Waals surface area contributed by atoms with Gasteiger partial charge in [0.25, 0.3) is 0 Å². The number of allylic oxidation sites excluding steroid dienone is 2. The summed E-state index contributed by atoms with van der Waals surface area (Å²) < 4.78 is 13.7. The monoisotopic (exact) mass is 226 g/mol. The zero-order valence-electron chi connectivity index (χ0n) is 11.4. The molecule has 0 bridgehead atoms. The fourth-order valence-electron chi connectivity index (χ4n) is 2.97. The molecule has 1 heteroatoms. The minimum atomic E-state index is -0.621. The van der Waals surface area contributed by atoms with Gasteiger partial charge in [-0.2, -0.15) is 0 Å². The van der Waals surface area contributed by atoms with Crippen molar-refractivity contribution in [3.05, 3.63) is 11.6 Å². The van der Waals surface area contributed by atoms with Crippen molar-refractivity contribution in [1.82, 2.24) is 0 Å². The molecule has 0 saturated heterocycles. The molecule has 1 aliphatic rings. The van der Waals surface area contributed by atoms with Gasteiger partial charge >= 0.3 is 0 Å². The summed E-state index contributed by atoms with van der Waals surface area (Å²) in [5, 5.41) is 0. The second-order valence-electron chi connectivity index (χ2n) is 5.65. The maximum atomic E-state index is 13.7. The molecule has 0 radical (unpaired) electrons. The average Bonchev–Trinajstić information content (AvgIpc) is 2.24. The third kappa shape index (κ3) is 3.33. The van der Waals surface area contributed by atoms with Crippen molar-refractivity contribution in [2.75, 3.05) is 0 Å². The molecule has 0 aromatic carbocycles. The van der Waals surface area contributed by atoms with Crippen molar-refractivity contribution in [2.24, 2.45) is 11.3 Å². The molecule has 0 nitrogen and oxygen atoms in total. The van der Waals surface area contributed by atoms with Crippen LogP contribution in [0.25, 0.3) is 0 Å². The number of hydrogen-bond donors (Lipinski definition) is 0. The van der Waals surface area contributed by atoms with Gasteiger partial charge in [-0.15, -0.1) is 0 Å². The first-order valence-electron chi connectivity index (χ1n) is 6.86. The Hall–Kier alpha value is -0.330. The van der Waals surface area contributed by atoms with E-state index in [9.17, 15) is 4.39 Å². The highest BCUT2D eigenvalue weighted by atomic mass is 19.1. The average molecular weight is 226 g/mol. The van der Waals surface area contributed by atoms with E-state index in [1.54, 1.807) is 0 Å². The molecule has 0 spiro atoms. The summed E-state index contributed by atoms with van der Waals surface area (Å²) in [5.41, 5.74) is 1.64.